The number of aryl methyl sites for hydroxylation is 1. The molecule has 3 heterocycles. The lowest BCUT2D eigenvalue weighted by molar-refractivity contribution is 0.0941. The van der Waals surface area contributed by atoms with Crippen LogP contribution in [-0.2, 0) is 13.1 Å². The van der Waals surface area contributed by atoms with E-state index in [9.17, 15) is 4.79 Å². The molecule has 0 aliphatic heterocycles. The van der Waals surface area contributed by atoms with E-state index in [1.165, 1.54) is 0 Å². The number of aromatic nitrogens is 3. The highest BCUT2D eigenvalue weighted by atomic mass is 16.5. The molecular weight excluding hydrogens is 294 g/mol. The predicted octanol–water partition coefficient (Wildman–Crippen LogP) is 1.62. The van der Waals surface area contributed by atoms with Crippen LogP contribution in [0.25, 0.3) is 5.65 Å². The van der Waals surface area contributed by atoms with Gasteiger partial charge in [0.25, 0.3) is 5.91 Å². The van der Waals surface area contributed by atoms with E-state index in [1.807, 2.05) is 54.8 Å². The molecule has 0 aromatic carbocycles. The molecular formula is C16H19N5O2. The lowest BCUT2D eigenvalue weighted by Gasteiger charge is -2.03. The van der Waals surface area contributed by atoms with Crippen molar-refractivity contribution < 1.29 is 9.32 Å². The Morgan fingerprint density at radius 3 is 2.96 bits per heavy atom. The topological polar surface area (TPSA) is 75.7 Å². The molecule has 0 radical (unpaired) electrons. The molecule has 23 heavy (non-hydrogen) atoms. The number of carbonyl (C=O) groups excluding carboxylic acids is 1. The fourth-order valence-corrected chi connectivity index (χ4v) is 2.31. The molecule has 1 amide bonds. The van der Waals surface area contributed by atoms with Crippen LogP contribution in [0, 0.1) is 6.92 Å². The van der Waals surface area contributed by atoms with Crippen molar-refractivity contribution in [2.24, 2.45) is 0 Å². The molecule has 120 valence electrons. The third kappa shape index (κ3) is 3.57. The lowest BCUT2D eigenvalue weighted by atomic mass is 10.3. The third-order valence-corrected chi connectivity index (χ3v) is 3.34. The molecule has 0 aliphatic rings. The van der Waals surface area contributed by atoms with Gasteiger partial charge in [0.05, 0.1) is 18.8 Å². The number of nitrogens with zero attached hydrogens (tertiary/aromatic N) is 4. The Morgan fingerprint density at radius 1 is 1.35 bits per heavy atom. The summed E-state index contributed by atoms with van der Waals surface area (Å²) in [5.74, 6) is 0.385. The Balaban J connectivity index is 1.64. The van der Waals surface area contributed by atoms with Crippen molar-refractivity contribution in [3.05, 3.63) is 53.3 Å². The highest BCUT2D eigenvalue weighted by Gasteiger charge is 2.13. The maximum atomic E-state index is 12.1. The summed E-state index contributed by atoms with van der Waals surface area (Å²) in [6.07, 6.45) is 3.90. The minimum atomic E-state index is -0.271. The van der Waals surface area contributed by atoms with E-state index in [1.54, 1.807) is 6.07 Å². The van der Waals surface area contributed by atoms with Gasteiger partial charge in [0.15, 0.2) is 11.5 Å². The zero-order valence-corrected chi connectivity index (χ0v) is 13.4. The maximum absolute atomic E-state index is 12.1. The number of hydrogen-bond acceptors (Lipinski definition) is 5. The summed E-state index contributed by atoms with van der Waals surface area (Å²) in [6, 6.07) is 5.61. The summed E-state index contributed by atoms with van der Waals surface area (Å²) in [5.41, 5.74) is 3.08. The summed E-state index contributed by atoms with van der Waals surface area (Å²) in [4.78, 5) is 18.5. The Bertz CT molecular complexity index is 834. The number of rotatable bonds is 5. The van der Waals surface area contributed by atoms with Gasteiger partial charge in [0.1, 0.15) is 5.65 Å². The van der Waals surface area contributed by atoms with Crippen molar-refractivity contribution in [3.8, 4) is 0 Å². The average Bonchev–Trinajstić information content (AvgIpc) is 3.10. The van der Waals surface area contributed by atoms with Gasteiger partial charge in [-0.2, -0.15) is 0 Å². The number of pyridine rings is 1. The van der Waals surface area contributed by atoms with Crippen molar-refractivity contribution in [1.82, 2.24) is 24.8 Å². The van der Waals surface area contributed by atoms with Gasteiger partial charge in [-0.1, -0.05) is 11.2 Å². The van der Waals surface area contributed by atoms with E-state index in [0.717, 1.165) is 16.9 Å². The molecule has 3 aromatic rings. The first-order valence-electron chi connectivity index (χ1n) is 7.34. The molecule has 0 fully saturated rings. The number of nitrogens with one attached hydrogen (secondary N) is 1. The van der Waals surface area contributed by atoms with E-state index >= 15 is 0 Å². The van der Waals surface area contributed by atoms with E-state index in [-0.39, 0.29) is 11.6 Å². The van der Waals surface area contributed by atoms with Crippen molar-refractivity contribution in [2.45, 2.75) is 20.0 Å². The standard InChI is InChI=1S/C16H19N5O2/c1-11-4-5-15-18-12(9-21(15)8-11)7-17-16(22)14-6-13(23-19-14)10-20(2)3/h4-6,8-9H,7,10H2,1-3H3,(H,17,22). The van der Waals surface area contributed by atoms with E-state index in [0.29, 0.717) is 18.8 Å². The fraction of sp³-hybridized carbons (Fsp3) is 0.312. The van der Waals surface area contributed by atoms with Crippen LogP contribution in [-0.4, -0.2) is 39.4 Å². The van der Waals surface area contributed by atoms with Gasteiger partial charge < -0.3 is 19.1 Å². The molecule has 3 aromatic heterocycles. The van der Waals surface area contributed by atoms with Crippen LogP contribution < -0.4 is 5.32 Å². The smallest absolute Gasteiger partial charge is 0.273 e. The second kappa shape index (κ2) is 6.21. The Morgan fingerprint density at radius 2 is 2.17 bits per heavy atom. The molecule has 0 spiro atoms. The van der Waals surface area contributed by atoms with Gasteiger partial charge >= 0.3 is 0 Å². The Kier molecular flexibility index (Phi) is 4.12. The molecule has 7 heteroatoms. The Hall–Kier alpha value is -2.67. The SMILES string of the molecule is Cc1ccc2nc(CNC(=O)c3cc(CN(C)C)on3)cn2c1. The normalized spacial score (nSPS) is 11.3. The van der Waals surface area contributed by atoms with E-state index in [4.69, 9.17) is 4.52 Å². The van der Waals surface area contributed by atoms with E-state index < -0.39 is 0 Å². The predicted molar refractivity (Wildman–Crippen MR) is 85.0 cm³/mol. The van der Waals surface area contributed by atoms with Crippen LogP contribution in [0.4, 0.5) is 0 Å². The van der Waals surface area contributed by atoms with Crippen LogP contribution in [0.15, 0.2) is 35.1 Å². The van der Waals surface area contributed by atoms with Crippen molar-refractivity contribution in [2.75, 3.05) is 14.1 Å². The second-order valence-corrected chi connectivity index (χ2v) is 5.80. The molecule has 7 nitrogen and oxygen atoms in total. The zero-order chi connectivity index (χ0) is 16.4. The van der Waals surface area contributed by atoms with Crippen molar-refractivity contribution in [3.63, 3.8) is 0 Å². The molecule has 0 unspecified atom stereocenters. The van der Waals surface area contributed by atoms with Gasteiger partial charge in [-0.3, -0.25) is 4.79 Å². The number of imidazole rings is 1. The lowest BCUT2D eigenvalue weighted by Crippen LogP contribution is -2.23. The second-order valence-electron chi connectivity index (χ2n) is 5.80. The fourth-order valence-electron chi connectivity index (χ4n) is 2.31. The first kappa shape index (κ1) is 15.2. The largest absolute Gasteiger partial charge is 0.359 e. The molecule has 0 aliphatic carbocycles. The van der Waals surface area contributed by atoms with Crippen LogP contribution in [0.5, 0.6) is 0 Å². The van der Waals surface area contributed by atoms with Gasteiger partial charge in [0, 0.05) is 18.5 Å². The summed E-state index contributed by atoms with van der Waals surface area (Å²) < 4.78 is 7.08. The summed E-state index contributed by atoms with van der Waals surface area (Å²) in [7, 11) is 3.85. The minimum absolute atomic E-state index is 0.271. The van der Waals surface area contributed by atoms with Crippen molar-refractivity contribution >= 4 is 11.6 Å². The first-order valence-corrected chi connectivity index (χ1v) is 7.34. The molecule has 1 N–H and O–H groups in total. The molecule has 0 saturated carbocycles. The summed E-state index contributed by atoms with van der Waals surface area (Å²) in [5, 5.41) is 6.60. The molecule has 0 bridgehead atoms. The van der Waals surface area contributed by atoms with Crippen molar-refractivity contribution in [1.29, 1.82) is 0 Å². The maximum Gasteiger partial charge on any atom is 0.273 e. The van der Waals surface area contributed by atoms with Gasteiger partial charge in [-0.25, -0.2) is 4.98 Å². The quantitative estimate of drug-likeness (QED) is 0.774. The summed E-state index contributed by atoms with van der Waals surface area (Å²) in [6.45, 7) is 2.97. The van der Waals surface area contributed by atoms with Gasteiger partial charge in [0.2, 0.25) is 0 Å². The average molecular weight is 313 g/mol. The first-order chi connectivity index (χ1) is 11.0. The minimum Gasteiger partial charge on any atom is -0.359 e. The van der Waals surface area contributed by atoms with Crippen LogP contribution >= 0.6 is 0 Å². The highest BCUT2D eigenvalue weighted by molar-refractivity contribution is 5.92. The number of fused-ring (bicyclic) bond motifs is 1. The van der Waals surface area contributed by atoms with Crippen LogP contribution in [0.1, 0.15) is 27.5 Å². The highest BCUT2D eigenvalue weighted by Crippen LogP contribution is 2.08. The molecule has 3 rings (SSSR count). The van der Waals surface area contributed by atoms with Crippen LogP contribution in [0.2, 0.25) is 0 Å². The zero-order valence-electron chi connectivity index (χ0n) is 13.4. The summed E-state index contributed by atoms with van der Waals surface area (Å²) >= 11 is 0. The monoisotopic (exact) mass is 313 g/mol. The van der Waals surface area contributed by atoms with Gasteiger partial charge in [-0.15, -0.1) is 0 Å². The number of carbonyl (C=O) groups is 1. The van der Waals surface area contributed by atoms with E-state index in [2.05, 4.69) is 15.5 Å². The number of amides is 1. The number of hydrogen-bond donors (Lipinski definition) is 1. The molecule has 0 saturated heterocycles. The van der Waals surface area contributed by atoms with Crippen LogP contribution in [0.3, 0.4) is 0 Å². The molecule has 0 atom stereocenters. The van der Waals surface area contributed by atoms with Gasteiger partial charge in [-0.05, 0) is 32.6 Å². The third-order valence-electron chi connectivity index (χ3n) is 3.34. The Labute approximate surface area is 133 Å².